The summed E-state index contributed by atoms with van der Waals surface area (Å²) in [6.45, 7) is 12.8. The number of hydrogen-bond donors (Lipinski definition) is 0. The van der Waals surface area contributed by atoms with Gasteiger partial charge >= 0.3 is 0 Å². The number of allylic oxidation sites excluding steroid dienone is 4. The van der Waals surface area contributed by atoms with Crippen LogP contribution in [0.25, 0.3) is 0 Å². The van der Waals surface area contributed by atoms with Crippen molar-refractivity contribution in [1.29, 1.82) is 0 Å². The van der Waals surface area contributed by atoms with Crippen molar-refractivity contribution in [3.63, 3.8) is 0 Å². The van der Waals surface area contributed by atoms with Crippen molar-refractivity contribution >= 4 is 0 Å². The van der Waals surface area contributed by atoms with Gasteiger partial charge in [0.1, 0.15) is 0 Å². The molecule has 0 aromatic heterocycles. The van der Waals surface area contributed by atoms with E-state index in [4.69, 9.17) is 9.47 Å². The molecule has 0 N–H and O–H groups in total. The lowest BCUT2D eigenvalue weighted by Gasteiger charge is -2.20. The molecular weight excluding hydrogens is 248 g/mol. The fourth-order valence-corrected chi connectivity index (χ4v) is 2.35. The van der Waals surface area contributed by atoms with Crippen molar-refractivity contribution in [3.8, 4) is 0 Å². The van der Waals surface area contributed by atoms with E-state index in [9.17, 15) is 0 Å². The summed E-state index contributed by atoms with van der Waals surface area (Å²) in [7, 11) is 3.49. The third kappa shape index (κ3) is 6.95. The Morgan fingerprint density at radius 1 is 1.25 bits per heavy atom. The summed E-state index contributed by atoms with van der Waals surface area (Å²) in [5.41, 5.74) is 2.70. The quantitative estimate of drug-likeness (QED) is 0.401. The second-order valence-electron chi connectivity index (χ2n) is 5.31. The summed E-state index contributed by atoms with van der Waals surface area (Å²) in [6, 6.07) is 0. The standard InChI is InChI=1S/C18H32O2/c1-8-17(20-7)13-11-15(4)18(9-2)14(3)10-12-16(5)19-6/h8,10,16,18H,4,9,11-13H2,1-3,5-7H3/b14-10+,17-8+. The zero-order valence-corrected chi connectivity index (χ0v) is 14.2. The summed E-state index contributed by atoms with van der Waals surface area (Å²) in [5.74, 6) is 1.50. The molecule has 0 spiro atoms. The molecule has 0 radical (unpaired) electrons. The van der Waals surface area contributed by atoms with Gasteiger partial charge in [-0.3, -0.25) is 0 Å². The second-order valence-corrected chi connectivity index (χ2v) is 5.31. The third-order valence-electron chi connectivity index (χ3n) is 3.90. The van der Waals surface area contributed by atoms with Gasteiger partial charge in [0.25, 0.3) is 0 Å². The zero-order chi connectivity index (χ0) is 15.5. The second kappa shape index (κ2) is 10.7. The Labute approximate surface area is 125 Å². The average Bonchev–Trinajstić information content (AvgIpc) is 2.46. The van der Waals surface area contributed by atoms with Crippen molar-refractivity contribution < 1.29 is 9.47 Å². The van der Waals surface area contributed by atoms with Crippen LogP contribution in [0, 0.1) is 5.92 Å². The molecule has 0 bridgehead atoms. The van der Waals surface area contributed by atoms with E-state index < -0.39 is 0 Å². The van der Waals surface area contributed by atoms with E-state index in [1.54, 1.807) is 14.2 Å². The fourth-order valence-electron chi connectivity index (χ4n) is 2.35. The summed E-state index contributed by atoms with van der Waals surface area (Å²) < 4.78 is 10.6. The van der Waals surface area contributed by atoms with E-state index in [2.05, 4.69) is 33.4 Å². The first kappa shape index (κ1) is 19.0. The molecule has 0 aromatic rings. The van der Waals surface area contributed by atoms with E-state index in [0.717, 1.165) is 31.4 Å². The van der Waals surface area contributed by atoms with E-state index in [1.165, 1.54) is 11.1 Å². The van der Waals surface area contributed by atoms with Gasteiger partial charge in [-0.15, -0.1) is 0 Å². The van der Waals surface area contributed by atoms with Crippen LogP contribution in [0.3, 0.4) is 0 Å². The Kier molecular flexibility index (Phi) is 10.2. The minimum absolute atomic E-state index is 0.277. The Morgan fingerprint density at radius 3 is 2.35 bits per heavy atom. The minimum Gasteiger partial charge on any atom is -0.501 e. The molecule has 0 aliphatic carbocycles. The van der Waals surface area contributed by atoms with Crippen molar-refractivity contribution in [2.45, 2.75) is 59.5 Å². The smallest absolute Gasteiger partial charge is 0.0916 e. The zero-order valence-electron chi connectivity index (χ0n) is 14.2. The molecule has 20 heavy (non-hydrogen) atoms. The van der Waals surface area contributed by atoms with Crippen LogP contribution in [0.4, 0.5) is 0 Å². The van der Waals surface area contributed by atoms with Crippen LogP contribution in [-0.2, 0) is 9.47 Å². The van der Waals surface area contributed by atoms with Gasteiger partial charge in [-0.1, -0.05) is 30.7 Å². The van der Waals surface area contributed by atoms with Gasteiger partial charge in [-0.25, -0.2) is 0 Å². The summed E-state index contributed by atoms with van der Waals surface area (Å²) in [4.78, 5) is 0. The van der Waals surface area contributed by atoms with Gasteiger partial charge < -0.3 is 9.47 Å². The van der Waals surface area contributed by atoms with Gasteiger partial charge in [-0.05, 0) is 52.0 Å². The van der Waals surface area contributed by atoms with Crippen LogP contribution in [0.2, 0.25) is 0 Å². The third-order valence-corrected chi connectivity index (χ3v) is 3.90. The molecule has 2 heteroatoms. The van der Waals surface area contributed by atoms with E-state index >= 15 is 0 Å². The molecule has 0 rings (SSSR count). The molecule has 0 saturated carbocycles. The van der Waals surface area contributed by atoms with E-state index in [0.29, 0.717) is 5.92 Å². The average molecular weight is 280 g/mol. The van der Waals surface area contributed by atoms with Crippen molar-refractivity contribution in [2.24, 2.45) is 5.92 Å². The number of methoxy groups -OCH3 is 2. The van der Waals surface area contributed by atoms with Crippen molar-refractivity contribution in [1.82, 2.24) is 0 Å². The molecule has 0 aromatic carbocycles. The maximum Gasteiger partial charge on any atom is 0.0916 e. The van der Waals surface area contributed by atoms with Gasteiger partial charge in [0, 0.05) is 13.5 Å². The van der Waals surface area contributed by atoms with Crippen LogP contribution in [0.15, 0.2) is 35.6 Å². The molecule has 0 aliphatic rings. The normalized spacial score (nSPS) is 15.9. The minimum atomic E-state index is 0.277. The maximum atomic E-state index is 5.31. The van der Waals surface area contributed by atoms with Crippen LogP contribution in [-0.4, -0.2) is 20.3 Å². The first-order valence-electron chi connectivity index (χ1n) is 7.56. The summed E-state index contributed by atoms with van der Waals surface area (Å²) in [5, 5.41) is 0. The largest absolute Gasteiger partial charge is 0.501 e. The highest BCUT2D eigenvalue weighted by atomic mass is 16.5. The topological polar surface area (TPSA) is 18.5 Å². The molecule has 0 heterocycles. The number of ether oxygens (including phenoxy) is 2. The van der Waals surface area contributed by atoms with Gasteiger partial charge in [0.15, 0.2) is 0 Å². The highest BCUT2D eigenvalue weighted by Crippen LogP contribution is 2.27. The molecule has 0 amide bonds. The molecule has 2 atom stereocenters. The van der Waals surface area contributed by atoms with E-state index in [-0.39, 0.29) is 6.10 Å². The lowest BCUT2D eigenvalue weighted by molar-refractivity contribution is 0.121. The van der Waals surface area contributed by atoms with Gasteiger partial charge in [0.05, 0.1) is 19.0 Å². The van der Waals surface area contributed by atoms with Gasteiger partial charge in [0.2, 0.25) is 0 Å². The molecule has 116 valence electrons. The van der Waals surface area contributed by atoms with Gasteiger partial charge in [-0.2, -0.15) is 0 Å². The SMILES string of the molecule is C=C(CC/C(=C\C)OC)C(CC)/C(C)=C/CC(C)OC. The Hall–Kier alpha value is -1.02. The monoisotopic (exact) mass is 280 g/mol. The molecule has 0 aliphatic heterocycles. The lowest BCUT2D eigenvalue weighted by Crippen LogP contribution is -2.07. The molecular formula is C18H32O2. The Balaban J connectivity index is 4.53. The maximum absolute atomic E-state index is 5.31. The number of rotatable bonds is 10. The Morgan fingerprint density at radius 2 is 1.90 bits per heavy atom. The van der Waals surface area contributed by atoms with E-state index in [1.807, 2.05) is 13.0 Å². The van der Waals surface area contributed by atoms with Crippen LogP contribution in [0.1, 0.15) is 53.4 Å². The molecule has 2 nitrogen and oxygen atoms in total. The predicted molar refractivity (Wildman–Crippen MR) is 87.8 cm³/mol. The summed E-state index contributed by atoms with van der Waals surface area (Å²) >= 11 is 0. The first-order valence-corrected chi connectivity index (χ1v) is 7.56. The lowest BCUT2D eigenvalue weighted by atomic mass is 9.87. The van der Waals surface area contributed by atoms with Crippen molar-refractivity contribution in [3.05, 3.63) is 35.6 Å². The highest BCUT2D eigenvalue weighted by Gasteiger charge is 2.13. The summed E-state index contributed by atoms with van der Waals surface area (Å²) in [6.07, 6.45) is 8.57. The van der Waals surface area contributed by atoms with Crippen LogP contribution >= 0.6 is 0 Å². The van der Waals surface area contributed by atoms with Crippen LogP contribution < -0.4 is 0 Å². The predicted octanol–water partition coefficient (Wildman–Crippen LogP) is 5.27. The number of hydrogen-bond acceptors (Lipinski definition) is 2. The first-order chi connectivity index (χ1) is 9.49. The molecule has 2 unspecified atom stereocenters. The van der Waals surface area contributed by atoms with Crippen molar-refractivity contribution in [2.75, 3.05) is 14.2 Å². The molecule has 0 saturated heterocycles. The molecule has 0 fully saturated rings. The van der Waals surface area contributed by atoms with Crippen LogP contribution in [0.5, 0.6) is 0 Å². The highest BCUT2D eigenvalue weighted by molar-refractivity contribution is 5.18. The fraction of sp³-hybridized carbons (Fsp3) is 0.667. The Bertz CT molecular complexity index is 339.